The predicted octanol–water partition coefficient (Wildman–Crippen LogP) is 0.547. The van der Waals surface area contributed by atoms with Gasteiger partial charge in [-0.3, -0.25) is 4.79 Å². The molecule has 0 aromatic carbocycles. The molecule has 0 bridgehead atoms. The van der Waals surface area contributed by atoms with Crippen LogP contribution in [0.1, 0.15) is 19.8 Å². The first-order valence-corrected chi connectivity index (χ1v) is 4.02. The van der Waals surface area contributed by atoms with E-state index in [1.165, 1.54) is 7.11 Å². The molecule has 0 aliphatic carbocycles. The van der Waals surface area contributed by atoms with Gasteiger partial charge in [-0.15, -0.1) is 0 Å². The van der Waals surface area contributed by atoms with Crippen LogP contribution in [0.2, 0.25) is 0 Å². The summed E-state index contributed by atoms with van der Waals surface area (Å²) in [6.07, 6.45) is 1.66. The predicted molar refractivity (Wildman–Crippen MR) is 42.2 cm³/mol. The molecule has 1 N–H and O–H groups in total. The van der Waals surface area contributed by atoms with Crippen molar-refractivity contribution in [3.8, 4) is 0 Å². The number of esters is 1. The van der Waals surface area contributed by atoms with Crippen LogP contribution in [0.5, 0.6) is 0 Å². The standard InChI is InChI=1S/C8H15NO2/c1-6-3-7(5-9-6)4-8(10)11-2/h6-7,9H,3-5H2,1-2H3. The summed E-state index contributed by atoms with van der Waals surface area (Å²) < 4.78 is 4.58. The molecule has 0 aromatic rings. The van der Waals surface area contributed by atoms with Gasteiger partial charge in [-0.1, -0.05) is 0 Å². The van der Waals surface area contributed by atoms with Crippen molar-refractivity contribution in [2.24, 2.45) is 5.92 Å². The average molecular weight is 157 g/mol. The topological polar surface area (TPSA) is 38.3 Å². The molecule has 1 fully saturated rings. The quantitative estimate of drug-likeness (QED) is 0.595. The van der Waals surface area contributed by atoms with Gasteiger partial charge in [-0.2, -0.15) is 0 Å². The SMILES string of the molecule is COC(=O)CC1CNC(C)C1. The molecule has 64 valence electrons. The Kier molecular flexibility index (Phi) is 2.88. The van der Waals surface area contributed by atoms with Crippen LogP contribution in [-0.2, 0) is 9.53 Å². The Morgan fingerprint density at radius 2 is 2.45 bits per heavy atom. The fourth-order valence-corrected chi connectivity index (χ4v) is 1.51. The maximum Gasteiger partial charge on any atom is 0.305 e. The Morgan fingerprint density at radius 3 is 2.91 bits per heavy atom. The lowest BCUT2D eigenvalue weighted by Crippen LogP contribution is -2.17. The van der Waals surface area contributed by atoms with Crippen LogP contribution < -0.4 is 5.32 Å². The van der Waals surface area contributed by atoms with Crippen molar-refractivity contribution in [2.45, 2.75) is 25.8 Å². The molecule has 1 rings (SSSR count). The van der Waals surface area contributed by atoms with E-state index in [1.54, 1.807) is 0 Å². The summed E-state index contributed by atoms with van der Waals surface area (Å²) in [5, 5.41) is 3.29. The third kappa shape index (κ3) is 2.50. The summed E-state index contributed by atoms with van der Waals surface area (Å²) in [5.41, 5.74) is 0. The summed E-state index contributed by atoms with van der Waals surface area (Å²) in [6, 6.07) is 0.560. The normalized spacial score (nSPS) is 30.4. The van der Waals surface area contributed by atoms with Gasteiger partial charge in [0.1, 0.15) is 0 Å². The fourth-order valence-electron chi connectivity index (χ4n) is 1.51. The van der Waals surface area contributed by atoms with Gasteiger partial charge in [0.05, 0.1) is 7.11 Å². The summed E-state index contributed by atoms with van der Waals surface area (Å²) in [7, 11) is 1.44. The second-order valence-corrected chi connectivity index (χ2v) is 3.19. The monoisotopic (exact) mass is 157 g/mol. The van der Waals surface area contributed by atoms with Gasteiger partial charge in [-0.05, 0) is 25.8 Å². The molecule has 2 unspecified atom stereocenters. The number of ether oxygens (including phenoxy) is 1. The van der Waals surface area contributed by atoms with Crippen molar-refractivity contribution >= 4 is 5.97 Å². The number of nitrogens with one attached hydrogen (secondary N) is 1. The van der Waals surface area contributed by atoms with Crippen LogP contribution in [0, 0.1) is 5.92 Å². The summed E-state index contributed by atoms with van der Waals surface area (Å²) >= 11 is 0. The molecule has 1 saturated heterocycles. The Morgan fingerprint density at radius 1 is 1.73 bits per heavy atom. The zero-order valence-electron chi connectivity index (χ0n) is 7.09. The smallest absolute Gasteiger partial charge is 0.305 e. The van der Waals surface area contributed by atoms with Crippen LogP contribution in [0.15, 0.2) is 0 Å². The highest BCUT2D eigenvalue weighted by atomic mass is 16.5. The Hall–Kier alpha value is -0.570. The second kappa shape index (κ2) is 3.72. The molecule has 11 heavy (non-hydrogen) atoms. The molecule has 1 aliphatic heterocycles. The number of methoxy groups -OCH3 is 1. The maximum atomic E-state index is 10.8. The lowest BCUT2D eigenvalue weighted by Gasteiger charge is -2.04. The minimum absolute atomic E-state index is 0.0918. The highest BCUT2D eigenvalue weighted by molar-refractivity contribution is 5.69. The highest BCUT2D eigenvalue weighted by Gasteiger charge is 2.22. The lowest BCUT2D eigenvalue weighted by molar-refractivity contribution is -0.141. The Labute approximate surface area is 67.1 Å². The zero-order chi connectivity index (χ0) is 8.27. The van der Waals surface area contributed by atoms with E-state index in [-0.39, 0.29) is 5.97 Å². The summed E-state index contributed by atoms with van der Waals surface area (Å²) in [5.74, 6) is 0.392. The third-order valence-corrected chi connectivity index (χ3v) is 2.12. The van der Waals surface area contributed by atoms with E-state index >= 15 is 0 Å². The lowest BCUT2D eigenvalue weighted by atomic mass is 10.0. The average Bonchev–Trinajstić information content (AvgIpc) is 2.35. The van der Waals surface area contributed by atoms with Crippen molar-refractivity contribution in [1.29, 1.82) is 0 Å². The van der Waals surface area contributed by atoms with Gasteiger partial charge in [0.25, 0.3) is 0 Å². The molecule has 0 amide bonds. The maximum absolute atomic E-state index is 10.8. The first-order chi connectivity index (χ1) is 5.22. The highest BCUT2D eigenvalue weighted by Crippen LogP contribution is 2.17. The number of hydrogen-bond donors (Lipinski definition) is 1. The van der Waals surface area contributed by atoms with E-state index in [9.17, 15) is 4.79 Å². The molecule has 1 heterocycles. The number of hydrogen-bond acceptors (Lipinski definition) is 3. The van der Waals surface area contributed by atoms with Crippen molar-refractivity contribution in [3.63, 3.8) is 0 Å². The van der Waals surface area contributed by atoms with E-state index < -0.39 is 0 Å². The fraction of sp³-hybridized carbons (Fsp3) is 0.875. The Bertz CT molecular complexity index is 147. The van der Waals surface area contributed by atoms with Crippen molar-refractivity contribution < 1.29 is 9.53 Å². The molecule has 0 radical (unpaired) electrons. The molecule has 3 nitrogen and oxygen atoms in total. The minimum Gasteiger partial charge on any atom is -0.469 e. The molecule has 3 heteroatoms. The van der Waals surface area contributed by atoms with Gasteiger partial charge in [-0.25, -0.2) is 0 Å². The molecule has 0 aromatic heterocycles. The van der Waals surface area contributed by atoms with Crippen LogP contribution in [0.25, 0.3) is 0 Å². The van der Waals surface area contributed by atoms with Crippen molar-refractivity contribution in [1.82, 2.24) is 5.32 Å². The number of carbonyl (C=O) groups excluding carboxylic acids is 1. The zero-order valence-corrected chi connectivity index (χ0v) is 7.09. The van der Waals surface area contributed by atoms with Crippen LogP contribution in [0.4, 0.5) is 0 Å². The van der Waals surface area contributed by atoms with Crippen molar-refractivity contribution in [3.05, 3.63) is 0 Å². The third-order valence-electron chi connectivity index (χ3n) is 2.12. The van der Waals surface area contributed by atoms with E-state index in [1.807, 2.05) is 0 Å². The molecule has 1 aliphatic rings. The van der Waals surface area contributed by atoms with Gasteiger partial charge >= 0.3 is 5.97 Å². The van der Waals surface area contributed by atoms with E-state index in [4.69, 9.17) is 0 Å². The van der Waals surface area contributed by atoms with Crippen molar-refractivity contribution in [2.75, 3.05) is 13.7 Å². The summed E-state index contributed by atoms with van der Waals surface area (Å²) in [6.45, 7) is 3.09. The molecule has 0 spiro atoms. The van der Waals surface area contributed by atoms with Crippen LogP contribution in [0.3, 0.4) is 0 Å². The molecular weight excluding hydrogens is 142 g/mol. The van der Waals surface area contributed by atoms with E-state index in [2.05, 4.69) is 17.0 Å². The first kappa shape index (κ1) is 8.53. The van der Waals surface area contributed by atoms with Gasteiger partial charge in [0, 0.05) is 12.5 Å². The van der Waals surface area contributed by atoms with Crippen LogP contribution >= 0.6 is 0 Å². The number of rotatable bonds is 2. The molecule has 2 atom stereocenters. The van der Waals surface area contributed by atoms with Crippen LogP contribution in [-0.4, -0.2) is 25.7 Å². The van der Waals surface area contributed by atoms with Gasteiger partial charge in [0.2, 0.25) is 0 Å². The molecule has 0 saturated carbocycles. The second-order valence-electron chi connectivity index (χ2n) is 3.19. The molecular formula is C8H15NO2. The minimum atomic E-state index is -0.0918. The van der Waals surface area contributed by atoms with Gasteiger partial charge < -0.3 is 10.1 Å². The van der Waals surface area contributed by atoms with Gasteiger partial charge in [0.15, 0.2) is 0 Å². The van der Waals surface area contributed by atoms with E-state index in [0.29, 0.717) is 18.4 Å². The van der Waals surface area contributed by atoms with E-state index in [0.717, 1.165) is 13.0 Å². The Balaban J connectivity index is 2.23. The number of carbonyl (C=O) groups is 1. The first-order valence-electron chi connectivity index (χ1n) is 4.02. The largest absolute Gasteiger partial charge is 0.469 e. The summed E-state index contributed by atoms with van der Waals surface area (Å²) in [4.78, 5) is 10.8.